The first-order chi connectivity index (χ1) is 8.59. The Bertz CT molecular complexity index is 308. The highest BCUT2D eigenvalue weighted by molar-refractivity contribution is 7.91. The van der Waals surface area contributed by atoms with Crippen LogP contribution in [0.4, 0.5) is 0 Å². The van der Waals surface area contributed by atoms with E-state index < -0.39 is 9.84 Å². The lowest BCUT2D eigenvalue weighted by Crippen LogP contribution is -2.43. The van der Waals surface area contributed by atoms with Gasteiger partial charge in [0, 0.05) is 11.8 Å². The molecule has 0 aromatic heterocycles. The quantitative estimate of drug-likeness (QED) is 0.741. The van der Waals surface area contributed by atoms with E-state index in [0.717, 1.165) is 19.4 Å². The summed E-state index contributed by atoms with van der Waals surface area (Å²) in [5.41, 5.74) is 0. The summed E-state index contributed by atoms with van der Waals surface area (Å²) >= 11 is 0. The number of hydrogen-bond donors (Lipinski definition) is 1. The van der Waals surface area contributed by atoms with E-state index in [2.05, 4.69) is 12.2 Å². The molecule has 0 aliphatic heterocycles. The third-order valence-corrected chi connectivity index (χ3v) is 5.72. The molecule has 0 aromatic rings. The molecule has 3 nitrogen and oxygen atoms in total. The summed E-state index contributed by atoms with van der Waals surface area (Å²) in [5, 5.41) is 3.47. The van der Waals surface area contributed by atoms with E-state index in [0.29, 0.717) is 17.4 Å². The zero-order valence-electron chi connectivity index (χ0n) is 12.0. The van der Waals surface area contributed by atoms with Crippen molar-refractivity contribution >= 4 is 9.84 Å². The molecule has 1 N–H and O–H groups in total. The summed E-state index contributed by atoms with van der Waals surface area (Å²) in [5.74, 6) is 1.24. The lowest BCUT2D eigenvalue weighted by molar-refractivity contribution is 0.283. The maximum absolute atomic E-state index is 12.0. The fourth-order valence-corrected chi connectivity index (χ4v) is 4.62. The molecule has 0 radical (unpaired) electrons. The van der Waals surface area contributed by atoms with E-state index in [1.54, 1.807) is 0 Å². The van der Waals surface area contributed by atoms with Crippen LogP contribution in [0.3, 0.4) is 0 Å². The van der Waals surface area contributed by atoms with Crippen molar-refractivity contribution < 1.29 is 8.42 Å². The zero-order chi connectivity index (χ0) is 13.4. The third kappa shape index (κ3) is 5.70. The van der Waals surface area contributed by atoms with Crippen LogP contribution in [0.1, 0.15) is 58.8 Å². The Hall–Kier alpha value is -0.0900. The summed E-state index contributed by atoms with van der Waals surface area (Å²) in [6.45, 7) is 5.00. The molecular weight excluding hydrogens is 246 g/mol. The smallest absolute Gasteiger partial charge is 0.151 e. The van der Waals surface area contributed by atoms with Gasteiger partial charge in [-0.15, -0.1) is 0 Å². The zero-order valence-corrected chi connectivity index (χ0v) is 12.8. The van der Waals surface area contributed by atoms with Gasteiger partial charge in [0.25, 0.3) is 0 Å². The van der Waals surface area contributed by atoms with E-state index in [-0.39, 0.29) is 6.04 Å². The van der Waals surface area contributed by atoms with Gasteiger partial charge >= 0.3 is 0 Å². The van der Waals surface area contributed by atoms with Crippen LogP contribution in [-0.2, 0) is 9.84 Å². The van der Waals surface area contributed by atoms with E-state index in [4.69, 9.17) is 0 Å². The Morgan fingerprint density at radius 1 is 1.11 bits per heavy atom. The van der Waals surface area contributed by atoms with Crippen LogP contribution in [0.2, 0.25) is 0 Å². The van der Waals surface area contributed by atoms with Crippen LogP contribution >= 0.6 is 0 Å². The van der Waals surface area contributed by atoms with Crippen molar-refractivity contribution in [3.05, 3.63) is 0 Å². The minimum atomic E-state index is -2.87. The molecule has 18 heavy (non-hydrogen) atoms. The van der Waals surface area contributed by atoms with Crippen molar-refractivity contribution in [2.24, 2.45) is 5.92 Å². The van der Waals surface area contributed by atoms with Crippen molar-refractivity contribution in [2.45, 2.75) is 64.8 Å². The molecule has 1 saturated carbocycles. The predicted molar refractivity (Wildman–Crippen MR) is 77.6 cm³/mol. The van der Waals surface area contributed by atoms with Gasteiger partial charge in [-0.1, -0.05) is 33.1 Å². The topological polar surface area (TPSA) is 46.2 Å². The standard InChI is InChI=1S/C14H29NO2S/c1-3-10-15-14(12-18(16,17)11-4-2)13-8-6-5-7-9-13/h13-15H,3-12H2,1-2H3. The maximum Gasteiger partial charge on any atom is 0.151 e. The van der Waals surface area contributed by atoms with Crippen LogP contribution in [-0.4, -0.2) is 32.5 Å². The first-order valence-electron chi connectivity index (χ1n) is 7.53. The molecule has 0 heterocycles. The van der Waals surface area contributed by atoms with Gasteiger partial charge in [0.05, 0.1) is 5.75 Å². The molecule has 108 valence electrons. The highest BCUT2D eigenvalue weighted by Crippen LogP contribution is 2.27. The number of nitrogens with one attached hydrogen (secondary N) is 1. The summed E-state index contributed by atoms with van der Waals surface area (Å²) in [7, 11) is -2.87. The van der Waals surface area contributed by atoms with E-state index in [1.165, 1.54) is 32.1 Å². The van der Waals surface area contributed by atoms with Crippen molar-refractivity contribution in [3.63, 3.8) is 0 Å². The van der Waals surface area contributed by atoms with Crippen LogP contribution in [0.15, 0.2) is 0 Å². The van der Waals surface area contributed by atoms with Gasteiger partial charge < -0.3 is 5.32 Å². The number of hydrogen-bond acceptors (Lipinski definition) is 3. The summed E-state index contributed by atoms with van der Waals surface area (Å²) < 4.78 is 24.0. The van der Waals surface area contributed by atoms with Crippen molar-refractivity contribution in [3.8, 4) is 0 Å². The molecule has 0 spiro atoms. The van der Waals surface area contributed by atoms with Gasteiger partial charge in [-0.2, -0.15) is 0 Å². The van der Waals surface area contributed by atoms with Crippen LogP contribution in [0.5, 0.6) is 0 Å². The first kappa shape index (κ1) is 16.0. The van der Waals surface area contributed by atoms with E-state index in [1.807, 2.05) is 6.92 Å². The minimum Gasteiger partial charge on any atom is -0.313 e. The highest BCUT2D eigenvalue weighted by Gasteiger charge is 2.27. The molecule has 0 aromatic carbocycles. The largest absolute Gasteiger partial charge is 0.313 e. The monoisotopic (exact) mass is 275 g/mol. The molecule has 0 saturated heterocycles. The Morgan fingerprint density at radius 3 is 2.33 bits per heavy atom. The second kappa shape index (κ2) is 8.16. The molecule has 0 amide bonds. The van der Waals surface area contributed by atoms with Gasteiger partial charge in [0.1, 0.15) is 0 Å². The summed E-state index contributed by atoms with van der Waals surface area (Å²) in [6, 6.07) is 0.182. The minimum absolute atomic E-state index is 0.182. The normalized spacial score (nSPS) is 19.9. The van der Waals surface area contributed by atoms with Crippen LogP contribution in [0, 0.1) is 5.92 Å². The Morgan fingerprint density at radius 2 is 1.78 bits per heavy atom. The fourth-order valence-electron chi connectivity index (χ4n) is 2.90. The van der Waals surface area contributed by atoms with Crippen molar-refractivity contribution in [1.29, 1.82) is 0 Å². The molecule has 1 unspecified atom stereocenters. The molecule has 0 bridgehead atoms. The van der Waals surface area contributed by atoms with E-state index >= 15 is 0 Å². The third-order valence-electron chi connectivity index (χ3n) is 3.82. The predicted octanol–water partition coefficient (Wildman–Crippen LogP) is 2.76. The van der Waals surface area contributed by atoms with Gasteiger partial charge in [0.2, 0.25) is 0 Å². The Balaban J connectivity index is 2.59. The molecule has 4 heteroatoms. The SMILES string of the molecule is CCCNC(CS(=O)(=O)CCC)C1CCCCC1. The average molecular weight is 275 g/mol. The molecule has 1 rings (SSSR count). The highest BCUT2D eigenvalue weighted by atomic mass is 32.2. The molecule has 1 fully saturated rings. The Kier molecular flexibility index (Phi) is 7.23. The molecule has 1 aliphatic carbocycles. The van der Waals surface area contributed by atoms with Gasteiger partial charge in [0.15, 0.2) is 9.84 Å². The fraction of sp³-hybridized carbons (Fsp3) is 1.00. The Labute approximate surface area is 113 Å². The lowest BCUT2D eigenvalue weighted by atomic mass is 9.84. The van der Waals surface area contributed by atoms with Gasteiger partial charge in [-0.25, -0.2) is 8.42 Å². The molecule has 1 aliphatic rings. The summed E-state index contributed by atoms with van der Waals surface area (Å²) in [6.07, 6.45) is 8.04. The second-order valence-corrected chi connectivity index (χ2v) is 7.80. The molecule has 1 atom stereocenters. The van der Waals surface area contributed by atoms with E-state index in [9.17, 15) is 8.42 Å². The second-order valence-electron chi connectivity index (χ2n) is 5.57. The first-order valence-corrected chi connectivity index (χ1v) is 9.35. The number of sulfone groups is 1. The lowest BCUT2D eigenvalue weighted by Gasteiger charge is -2.31. The summed E-state index contributed by atoms with van der Waals surface area (Å²) in [4.78, 5) is 0. The molecular formula is C14H29NO2S. The van der Waals surface area contributed by atoms with Gasteiger partial charge in [-0.05, 0) is 38.1 Å². The van der Waals surface area contributed by atoms with Crippen molar-refractivity contribution in [2.75, 3.05) is 18.1 Å². The van der Waals surface area contributed by atoms with Crippen LogP contribution in [0.25, 0.3) is 0 Å². The van der Waals surface area contributed by atoms with Crippen molar-refractivity contribution in [1.82, 2.24) is 5.32 Å². The van der Waals surface area contributed by atoms with Crippen LogP contribution < -0.4 is 5.32 Å². The maximum atomic E-state index is 12.0. The van der Waals surface area contributed by atoms with Gasteiger partial charge in [-0.3, -0.25) is 0 Å². The average Bonchev–Trinajstić information content (AvgIpc) is 2.35. The number of rotatable bonds is 8.